The predicted molar refractivity (Wildman–Crippen MR) is 221 cm³/mol. The van der Waals surface area contributed by atoms with E-state index in [-0.39, 0.29) is 30.5 Å². The second kappa shape index (κ2) is 17.7. The minimum absolute atomic E-state index is 0.139. The van der Waals surface area contributed by atoms with Crippen molar-refractivity contribution in [3.8, 4) is 11.5 Å². The molecule has 0 saturated carbocycles. The molecule has 7 aromatic rings. The Morgan fingerprint density at radius 3 is 2.02 bits per heavy atom. The third-order valence-corrected chi connectivity index (χ3v) is 11.2. The monoisotopic (exact) mass is 784 g/mol. The highest BCUT2D eigenvalue weighted by Gasteiger charge is 2.26. The lowest BCUT2D eigenvalue weighted by atomic mass is 9.97. The van der Waals surface area contributed by atoms with Gasteiger partial charge in [0.2, 0.25) is 10.0 Å². The van der Waals surface area contributed by atoms with E-state index in [9.17, 15) is 18.3 Å². The maximum absolute atomic E-state index is 13.7. The number of hydrogen-bond acceptors (Lipinski definition) is 5. The molecule has 1 aromatic heterocycles. The van der Waals surface area contributed by atoms with Crippen LogP contribution in [0.2, 0.25) is 5.02 Å². The second-order valence-corrected chi connectivity index (χ2v) is 15.6. The van der Waals surface area contributed by atoms with Crippen molar-refractivity contribution in [2.75, 3.05) is 13.2 Å². The molecule has 0 bridgehead atoms. The van der Waals surface area contributed by atoms with Gasteiger partial charge in [-0.05, 0) is 70.8 Å². The van der Waals surface area contributed by atoms with Gasteiger partial charge in [-0.25, -0.2) is 17.9 Å². The number of rotatable bonds is 17. The number of para-hydroxylation sites is 1. The average molecular weight is 785 g/mol. The van der Waals surface area contributed by atoms with Gasteiger partial charge in [0, 0.05) is 46.6 Å². The van der Waals surface area contributed by atoms with Crippen molar-refractivity contribution in [1.82, 2.24) is 9.29 Å². The molecule has 0 saturated heterocycles. The van der Waals surface area contributed by atoms with E-state index in [1.807, 2.05) is 97.1 Å². The Bertz CT molecular complexity index is 2470. The predicted octanol–water partition coefficient (Wildman–Crippen LogP) is 9.49. The third-order valence-electron chi connectivity index (χ3n) is 9.63. The summed E-state index contributed by atoms with van der Waals surface area (Å²) in [6, 6.07) is 49.4. The summed E-state index contributed by atoms with van der Waals surface area (Å²) in [5.74, 6) is -0.180. The normalized spacial score (nSPS) is 11.5. The molecule has 1 heterocycles. The van der Waals surface area contributed by atoms with Crippen molar-refractivity contribution >= 4 is 38.5 Å². The zero-order valence-electron chi connectivity index (χ0n) is 30.6. The van der Waals surface area contributed by atoms with Gasteiger partial charge in [0.25, 0.3) is 0 Å². The van der Waals surface area contributed by atoms with Crippen LogP contribution in [0, 0.1) is 0 Å². The third kappa shape index (κ3) is 9.32. The minimum atomic E-state index is -3.79. The number of carbonyl (C=O) groups is 1. The molecule has 6 aromatic carbocycles. The number of fused-ring (bicyclic) bond motifs is 1. The number of nitrogens with zero attached hydrogens (tertiary/aromatic N) is 1. The van der Waals surface area contributed by atoms with Gasteiger partial charge < -0.3 is 19.1 Å². The lowest BCUT2D eigenvalue weighted by Crippen LogP contribution is -2.28. The van der Waals surface area contributed by atoms with Gasteiger partial charge in [0.05, 0.1) is 24.0 Å². The minimum Gasteiger partial charge on any atom is -0.493 e. The standard InChI is InChI=1S/C46H41ClN2O6S/c47-38-22-25-42-41(30-38)40(27-29-54-39-23-20-36(21-24-39)46(50)51)43(49(42)45(34-14-6-2-7-15-34)35-16-8-3-9-17-35)26-28-48-56(52,53)32-37-18-10-11-19-44(37)55-31-33-12-4-1-5-13-33/h1-25,30,45,48H,26-29,31-32H2,(H,50,51). The molecule has 0 aliphatic rings. The fraction of sp³-hybridized carbons (Fsp3) is 0.152. The highest BCUT2D eigenvalue weighted by Crippen LogP contribution is 2.38. The summed E-state index contributed by atoms with van der Waals surface area (Å²) < 4.78 is 44.8. The summed E-state index contributed by atoms with van der Waals surface area (Å²) in [4.78, 5) is 11.4. The molecule has 0 atom stereocenters. The number of hydrogen-bond donors (Lipinski definition) is 2. The lowest BCUT2D eigenvalue weighted by molar-refractivity contribution is 0.0696. The van der Waals surface area contributed by atoms with Crippen LogP contribution in [0.4, 0.5) is 0 Å². The van der Waals surface area contributed by atoms with E-state index < -0.39 is 16.0 Å². The maximum Gasteiger partial charge on any atom is 0.335 e. The Balaban J connectivity index is 1.21. The highest BCUT2D eigenvalue weighted by atomic mass is 35.5. The van der Waals surface area contributed by atoms with Crippen molar-refractivity contribution in [2.45, 2.75) is 31.2 Å². The summed E-state index contributed by atoms with van der Waals surface area (Å²) in [6.45, 7) is 0.752. The molecule has 0 aliphatic carbocycles. The van der Waals surface area contributed by atoms with E-state index in [1.54, 1.807) is 24.3 Å². The van der Waals surface area contributed by atoms with Crippen LogP contribution in [-0.4, -0.2) is 37.2 Å². The first-order valence-corrected chi connectivity index (χ1v) is 20.4. The SMILES string of the molecule is O=C(O)c1ccc(OCCc2c(CCNS(=O)(=O)Cc3ccccc3OCc3ccccc3)n(C(c3ccccc3)c3ccccc3)c3ccc(Cl)cc23)cc1. The molecule has 7 rings (SSSR count). The van der Waals surface area contributed by atoms with Crippen molar-refractivity contribution in [3.63, 3.8) is 0 Å². The van der Waals surface area contributed by atoms with Gasteiger partial charge in [-0.1, -0.05) is 121 Å². The van der Waals surface area contributed by atoms with Crippen molar-refractivity contribution < 1.29 is 27.8 Å². The van der Waals surface area contributed by atoms with E-state index in [0.29, 0.717) is 41.5 Å². The Kier molecular flexibility index (Phi) is 12.2. The van der Waals surface area contributed by atoms with Gasteiger partial charge in [0.1, 0.15) is 18.1 Å². The first-order chi connectivity index (χ1) is 27.3. The van der Waals surface area contributed by atoms with Gasteiger partial charge in [-0.3, -0.25) is 0 Å². The first kappa shape index (κ1) is 38.4. The molecule has 284 valence electrons. The first-order valence-electron chi connectivity index (χ1n) is 18.3. The van der Waals surface area contributed by atoms with E-state index in [0.717, 1.165) is 38.9 Å². The molecule has 10 heteroatoms. The van der Waals surface area contributed by atoms with Gasteiger partial charge in [-0.2, -0.15) is 0 Å². The quantitative estimate of drug-likeness (QED) is 0.0953. The number of carboxylic acid groups (broad SMARTS) is 1. The molecule has 0 aliphatic heterocycles. The molecule has 0 unspecified atom stereocenters. The Labute approximate surface area is 332 Å². The van der Waals surface area contributed by atoms with E-state index in [1.165, 1.54) is 12.1 Å². The molecule has 2 N–H and O–H groups in total. The van der Waals surface area contributed by atoms with Crippen LogP contribution >= 0.6 is 11.6 Å². The molecule has 0 radical (unpaired) electrons. The molecule has 56 heavy (non-hydrogen) atoms. The molecule has 8 nitrogen and oxygen atoms in total. The molecule has 0 spiro atoms. The summed E-state index contributed by atoms with van der Waals surface area (Å²) >= 11 is 6.66. The maximum atomic E-state index is 13.7. The van der Waals surface area contributed by atoms with Gasteiger partial charge in [-0.15, -0.1) is 0 Å². The number of aromatic carboxylic acids is 1. The number of ether oxygens (including phenoxy) is 2. The molecular weight excluding hydrogens is 744 g/mol. The number of benzene rings is 6. The number of halogens is 1. The van der Waals surface area contributed by atoms with Crippen molar-refractivity contribution in [2.24, 2.45) is 0 Å². The Morgan fingerprint density at radius 1 is 0.732 bits per heavy atom. The van der Waals surface area contributed by atoms with Crippen LogP contribution in [0.3, 0.4) is 0 Å². The van der Waals surface area contributed by atoms with E-state index in [4.69, 9.17) is 21.1 Å². The smallest absolute Gasteiger partial charge is 0.335 e. The van der Waals surface area contributed by atoms with Crippen LogP contribution in [0.15, 0.2) is 158 Å². The van der Waals surface area contributed by atoms with Crippen LogP contribution < -0.4 is 14.2 Å². The molecule has 0 amide bonds. The van der Waals surface area contributed by atoms with Crippen LogP contribution in [-0.2, 0) is 35.2 Å². The lowest BCUT2D eigenvalue weighted by Gasteiger charge is -2.25. The summed E-state index contributed by atoms with van der Waals surface area (Å²) in [7, 11) is -3.79. The number of sulfonamides is 1. The van der Waals surface area contributed by atoms with Crippen LogP contribution in [0.1, 0.15) is 49.9 Å². The van der Waals surface area contributed by atoms with Crippen LogP contribution in [0.25, 0.3) is 10.9 Å². The van der Waals surface area contributed by atoms with Gasteiger partial charge >= 0.3 is 5.97 Å². The van der Waals surface area contributed by atoms with Gasteiger partial charge in [0.15, 0.2) is 0 Å². The zero-order chi connectivity index (χ0) is 38.9. The number of nitrogens with one attached hydrogen (secondary N) is 1. The Hall–Kier alpha value is -5.87. The topological polar surface area (TPSA) is 107 Å². The number of carboxylic acids is 1. The van der Waals surface area contributed by atoms with Crippen LogP contribution in [0.5, 0.6) is 11.5 Å². The fourth-order valence-electron chi connectivity index (χ4n) is 7.06. The second-order valence-electron chi connectivity index (χ2n) is 13.4. The highest BCUT2D eigenvalue weighted by molar-refractivity contribution is 7.88. The summed E-state index contributed by atoms with van der Waals surface area (Å²) in [5.41, 5.74) is 6.76. The zero-order valence-corrected chi connectivity index (χ0v) is 32.1. The summed E-state index contributed by atoms with van der Waals surface area (Å²) in [5, 5.41) is 10.9. The van der Waals surface area contributed by atoms with E-state index >= 15 is 0 Å². The summed E-state index contributed by atoms with van der Waals surface area (Å²) in [6.07, 6.45) is 0.853. The van der Waals surface area contributed by atoms with E-state index in [2.05, 4.69) is 33.6 Å². The molecular formula is C46H41ClN2O6S. The van der Waals surface area contributed by atoms with Crippen molar-refractivity contribution in [3.05, 3.63) is 202 Å². The Morgan fingerprint density at radius 2 is 1.36 bits per heavy atom. The number of aromatic nitrogens is 1. The fourth-order valence-corrected chi connectivity index (χ4v) is 8.39. The largest absolute Gasteiger partial charge is 0.493 e. The molecule has 0 fully saturated rings. The van der Waals surface area contributed by atoms with Crippen molar-refractivity contribution in [1.29, 1.82) is 0 Å². The average Bonchev–Trinajstić information content (AvgIpc) is 3.50.